The standard InChI is InChI=1S/C57H61N11O5S/c1-33-43(30-59-68(33)32-57-27-34-23-35(28-57)25-36(24-34)29-57)39-16-18-48(67-22-20-37-9-8-10-40(44(37)31-67)53(71)64-56-61-45-11-5-6-12-47(45)74-56)62-52(39)55(73)58-21-7-3-4-13-49(69)60-38-14-15-41-46(26-38)66(2)65-51(41)42-17-19-50(70)63-54(42)72/h5-6,8-12,14-16,18,26,30,34-36,42H,3-4,7,13,17,19-25,27-29,31-32H2,1-2H3,(H,58,73)(H,60,69)(H,61,64,71)(H,63,70,72). The van der Waals surface area contributed by atoms with Gasteiger partial charge in [0.25, 0.3) is 11.8 Å². The van der Waals surface area contributed by atoms with E-state index < -0.39 is 5.92 Å². The molecule has 3 aromatic carbocycles. The summed E-state index contributed by atoms with van der Waals surface area (Å²) in [5.74, 6) is 1.46. The molecular weight excluding hydrogens is 951 g/mol. The van der Waals surface area contributed by atoms with Crippen molar-refractivity contribution in [2.24, 2.45) is 30.2 Å². The van der Waals surface area contributed by atoms with Gasteiger partial charge in [0.1, 0.15) is 11.5 Å². The lowest BCUT2D eigenvalue weighted by atomic mass is 9.49. The van der Waals surface area contributed by atoms with Crippen molar-refractivity contribution in [3.63, 3.8) is 0 Å². The van der Waals surface area contributed by atoms with E-state index in [0.29, 0.717) is 90.7 Å². The van der Waals surface area contributed by atoms with E-state index in [1.807, 2.05) is 72.9 Å². The number of unbranched alkanes of at least 4 members (excludes halogenated alkanes) is 2. The van der Waals surface area contributed by atoms with Crippen LogP contribution in [0.5, 0.6) is 0 Å². The van der Waals surface area contributed by atoms with Crippen molar-refractivity contribution >= 4 is 78.6 Å². The van der Waals surface area contributed by atoms with Crippen molar-refractivity contribution in [3.8, 4) is 11.1 Å². The molecule has 4 bridgehead atoms. The van der Waals surface area contributed by atoms with Crippen molar-refractivity contribution in [3.05, 3.63) is 113 Å². The quantitative estimate of drug-likeness (QED) is 0.0567. The zero-order valence-electron chi connectivity index (χ0n) is 41.9. The van der Waals surface area contributed by atoms with Gasteiger partial charge in [0.05, 0.1) is 33.5 Å². The van der Waals surface area contributed by atoms with E-state index >= 15 is 0 Å². The number of rotatable bonds is 15. The van der Waals surface area contributed by atoms with Gasteiger partial charge < -0.3 is 15.5 Å². The minimum Gasteiger partial charge on any atom is -0.352 e. The maximum absolute atomic E-state index is 14.5. The van der Waals surface area contributed by atoms with Gasteiger partial charge in [-0.1, -0.05) is 42.0 Å². The Morgan fingerprint density at radius 2 is 1.66 bits per heavy atom. The van der Waals surface area contributed by atoms with Crippen molar-refractivity contribution in [2.45, 2.75) is 109 Å². The molecule has 1 unspecified atom stereocenters. The van der Waals surface area contributed by atoms with E-state index in [-0.39, 0.29) is 36.0 Å². The number of imide groups is 1. The summed E-state index contributed by atoms with van der Waals surface area (Å²) in [4.78, 5) is 77.8. The second-order valence-corrected chi connectivity index (χ2v) is 22.7. The summed E-state index contributed by atoms with van der Waals surface area (Å²) in [6.07, 6.45) is 13.6. The molecule has 4 aromatic heterocycles. The number of anilines is 3. The number of amides is 5. The molecule has 1 saturated heterocycles. The van der Waals surface area contributed by atoms with Crippen LogP contribution in [-0.2, 0) is 40.9 Å². The molecule has 380 valence electrons. The second kappa shape index (κ2) is 19.5. The number of para-hydroxylation sites is 1. The normalized spacial score (nSPS) is 22.0. The van der Waals surface area contributed by atoms with Crippen LogP contribution >= 0.6 is 11.3 Å². The van der Waals surface area contributed by atoms with Crippen molar-refractivity contribution in [2.75, 3.05) is 28.6 Å². The highest BCUT2D eigenvalue weighted by molar-refractivity contribution is 7.22. The molecular formula is C57H61N11O5S. The molecule has 4 aliphatic carbocycles. The highest BCUT2D eigenvalue weighted by Crippen LogP contribution is 2.60. The molecule has 6 aliphatic rings. The third-order valence-corrected chi connectivity index (χ3v) is 17.5. The predicted molar refractivity (Wildman–Crippen MR) is 285 cm³/mol. The number of aryl methyl sites for hydroxylation is 1. The largest absolute Gasteiger partial charge is 0.352 e. The number of hydrogen-bond acceptors (Lipinski definition) is 11. The molecule has 7 aromatic rings. The lowest BCUT2D eigenvalue weighted by Crippen LogP contribution is -2.48. The van der Waals surface area contributed by atoms with Crippen LogP contribution in [0, 0.1) is 30.1 Å². The fraction of sp³-hybridized carbons (Fsp3) is 0.421. The maximum Gasteiger partial charge on any atom is 0.270 e. The van der Waals surface area contributed by atoms with Gasteiger partial charge >= 0.3 is 0 Å². The summed E-state index contributed by atoms with van der Waals surface area (Å²) < 4.78 is 4.89. The van der Waals surface area contributed by atoms with Crippen LogP contribution in [0.2, 0.25) is 0 Å². The van der Waals surface area contributed by atoms with Crippen LogP contribution < -0.4 is 26.2 Å². The summed E-state index contributed by atoms with van der Waals surface area (Å²) in [5.41, 5.74) is 8.81. The summed E-state index contributed by atoms with van der Waals surface area (Å²) in [7, 11) is 1.80. The molecule has 5 amide bonds. The Morgan fingerprint density at radius 3 is 2.46 bits per heavy atom. The predicted octanol–water partition coefficient (Wildman–Crippen LogP) is 9.23. The first-order chi connectivity index (χ1) is 35.9. The summed E-state index contributed by atoms with van der Waals surface area (Å²) >= 11 is 1.45. The van der Waals surface area contributed by atoms with E-state index in [9.17, 15) is 24.0 Å². The number of pyridine rings is 1. The van der Waals surface area contributed by atoms with Crippen LogP contribution in [0.25, 0.3) is 32.2 Å². The number of nitrogens with one attached hydrogen (secondary N) is 4. The van der Waals surface area contributed by atoms with Gasteiger partial charge in [-0.15, -0.1) is 0 Å². The van der Waals surface area contributed by atoms with Crippen LogP contribution in [-0.4, -0.2) is 72.2 Å². The monoisotopic (exact) mass is 1010 g/mol. The van der Waals surface area contributed by atoms with E-state index in [4.69, 9.17) is 10.1 Å². The number of thiazole rings is 1. The van der Waals surface area contributed by atoms with Gasteiger partial charge in [-0.25, -0.2) is 9.97 Å². The molecule has 17 heteroatoms. The SMILES string of the molecule is Cc1c(-c2ccc(N3CCc4cccc(C(=O)Nc5nc6ccccc6s5)c4C3)nc2C(=O)NCCCCCC(=O)Nc2ccc3c(C4CCC(=O)NC4=O)nn(C)c3c2)cnn1CC12CC3CC(CC(C3)C1)C2. The van der Waals surface area contributed by atoms with Crippen molar-refractivity contribution in [1.29, 1.82) is 0 Å². The fourth-order valence-electron chi connectivity index (χ4n) is 13.4. The molecule has 0 radical (unpaired) electrons. The van der Waals surface area contributed by atoms with E-state index in [1.165, 1.54) is 49.9 Å². The van der Waals surface area contributed by atoms with Crippen LogP contribution in [0.3, 0.4) is 0 Å². The Labute approximate surface area is 433 Å². The fourth-order valence-corrected chi connectivity index (χ4v) is 14.3. The number of carbonyl (C=O) groups is 5. The van der Waals surface area contributed by atoms with Gasteiger partial charge in [0.15, 0.2) is 5.13 Å². The number of fused-ring (bicyclic) bond motifs is 3. The van der Waals surface area contributed by atoms with Gasteiger partial charge in [0, 0.05) is 79.5 Å². The Balaban J connectivity index is 0.723. The van der Waals surface area contributed by atoms with Gasteiger partial charge in [-0.05, 0) is 154 Å². The maximum atomic E-state index is 14.5. The molecule has 0 spiro atoms. The Morgan fingerprint density at radius 1 is 0.851 bits per heavy atom. The number of hydrogen-bond donors (Lipinski definition) is 4. The molecule has 4 saturated carbocycles. The third-order valence-electron chi connectivity index (χ3n) is 16.6. The lowest BCUT2D eigenvalue weighted by molar-refractivity contribution is -0.134. The molecule has 6 heterocycles. The molecule has 2 aliphatic heterocycles. The van der Waals surface area contributed by atoms with Gasteiger partial charge in [-0.2, -0.15) is 10.2 Å². The first-order valence-corrected chi connectivity index (χ1v) is 27.2. The highest BCUT2D eigenvalue weighted by Gasteiger charge is 2.51. The third kappa shape index (κ3) is 9.34. The summed E-state index contributed by atoms with van der Waals surface area (Å²) in [5, 5.41) is 22.6. The number of aromatic nitrogens is 6. The second-order valence-electron chi connectivity index (χ2n) is 21.7. The zero-order chi connectivity index (χ0) is 50.7. The summed E-state index contributed by atoms with van der Waals surface area (Å²) in [6.45, 7) is 4.55. The Bertz CT molecular complexity index is 3320. The lowest BCUT2D eigenvalue weighted by Gasteiger charge is -2.56. The number of benzene rings is 3. The van der Waals surface area contributed by atoms with E-state index in [0.717, 1.165) is 79.8 Å². The minimum absolute atomic E-state index is 0.119. The van der Waals surface area contributed by atoms with Crippen molar-refractivity contribution < 1.29 is 24.0 Å². The van der Waals surface area contributed by atoms with E-state index in [2.05, 4.69) is 53.9 Å². The van der Waals surface area contributed by atoms with Crippen LogP contribution in [0.1, 0.15) is 126 Å². The van der Waals surface area contributed by atoms with Crippen LogP contribution in [0.4, 0.5) is 16.6 Å². The smallest absolute Gasteiger partial charge is 0.270 e. The Kier molecular flexibility index (Phi) is 12.6. The molecule has 4 N–H and O–H groups in total. The number of piperidine rings is 1. The first kappa shape index (κ1) is 47.7. The van der Waals surface area contributed by atoms with Gasteiger partial charge in [0.2, 0.25) is 17.7 Å². The highest BCUT2D eigenvalue weighted by atomic mass is 32.1. The van der Waals surface area contributed by atoms with Crippen molar-refractivity contribution in [1.82, 2.24) is 40.2 Å². The van der Waals surface area contributed by atoms with E-state index in [1.54, 1.807) is 11.7 Å². The minimum atomic E-state index is -0.507. The molecule has 1 atom stereocenters. The number of nitrogens with zero attached hydrogens (tertiary/aromatic N) is 7. The average Bonchev–Trinajstić information content (AvgIpc) is 4.07. The molecule has 13 rings (SSSR count). The van der Waals surface area contributed by atoms with Crippen LogP contribution in [0.15, 0.2) is 79.0 Å². The molecule has 74 heavy (non-hydrogen) atoms. The first-order valence-electron chi connectivity index (χ1n) is 26.4. The average molecular weight is 1010 g/mol. The topological polar surface area (TPSA) is 198 Å². The molecule has 16 nitrogen and oxygen atoms in total. The zero-order valence-corrected chi connectivity index (χ0v) is 42.7. The summed E-state index contributed by atoms with van der Waals surface area (Å²) in [6, 6.07) is 23.3. The number of carbonyl (C=O) groups excluding carboxylic acids is 5. The Hall–Kier alpha value is -7.27. The van der Waals surface area contributed by atoms with Gasteiger partial charge in [-0.3, -0.25) is 44.0 Å². The molecule has 5 fully saturated rings.